The zero-order valence-electron chi connectivity index (χ0n) is 6.74. The predicted molar refractivity (Wildman–Crippen MR) is 50.1 cm³/mol. The Morgan fingerprint density at radius 1 is 1.67 bits per heavy atom. The average Bonchev–Trinajstić information content (AvgIpc) is 2.05. The maximum atomic E-state index is 8.69. The number of aliphatic hydroxyl groups is 1. The van der Waals surface area contributed by atoms with Crippen LogP contribution < -0.4 is 4.90 Å². The molecule has 1 N–H and O–H groups in total. The number of hydrogen-bond donors (Lipinski definition) is 1. The summed E-state index contributed by atoms with van der Waals surface area (Å²) in [5.41, 5.74) is 0. The van der Waals surface area contributed by atoms with E-state index in [2.05, 4.69) is 25.9 Å². The second kappa shape index (κ2) is 4.37. The number of rotatable bonds is 3. The molecule has 0 aromatic carbocycles. The molecule has 0 aliphatic carbocycles. The second-order valence-electron chi connectivity index (χ2n) is 2.34. The Morgan fingerprint density at radius 3 is 3.00 bits per heavy atom. The maximum absolute atomic E-state index is 8.69. The van der Waals surface area contributed by atoms with Gasteiger partial charge in [0.15, 0.2) is 0 Å². The quantitative estimate of drug-likeness (QED) is 0.831. The van der Waals surface area contributed by atoms with E-state index in [1.165, 1.54) is 6.33 Å². The molecule has 0 fully saturated rings. The summed E-state index contributed by atoms with van der Waals surface area (Å²) >= 11 is 3.32. The normalized spacial score (nSPS) is 9.92. The fourth-order valence-corrected chi connectivity index (χ4v) is 1.37. The van der Waals surface area contributed by atoms with Crippen molar-refractivity contribution in [2.75, 3.05) is 25.1 Å². The van der Waals surface area contributed by atoms with E-state index in [-0.39, 0.29) is 6.61 Å². The van der Waals surface area contributed by atoms with Gasteiger partial charge >= 0.3 is 0 Å². The zero-order chi connectivity index (χ0) is 8.97. The highest BCUT2D eigenvalue weighted by atomic mass is 79.9. The number of halogens is 1. The molecule has 0 aliphatic rings. The smallest absolute Gasteiger partial charge is 0.146 e. The topological polar surface area (TPSA) is 49.2 Å². The van der Waals surface area contributed by atoms with Crippen LogP contribution in [0.2, 0.25) is 0 Å². The number of likely N-dealkylation sites (N-methyl/N-ethyl adjacent to an activating group) is 1. The highest BCUT2D eigenvalue weighted by Gasteiger charge is 2.05. The van der Waals surface area contributed by atoms with E-state index >= 15 is 0 Å². The molecular formula is C7H10BrN3O. The molecule has 4 nitrogen and oxygen atoms in total. The lowest BCUT2D eigenvalue weighted by Crippen LogP contribution is -2.22. The lowest BCUT2D eigenvalue weighted by molar-refractivity contribution is 0.304. The Morgan fingerprint density at radius 2 is 2.42 bits per heavy atom. The Bertz CT molecular complexity index is 256. The van der Waals surface area contributed by atoms with Crippen molar-refractivity contribution in [3.63, 3.8) is 0 Å². The van der Waals surface area contributed by atoms with E-state index in [1.807, 2.05) is 11.9 Å². The van der Waals surface area contributed by atoms with Crippen molar-refractivity contribution in [2.45, 2.75) is 0 Å². The summed E-state index contributed by atoms with van der Waals surface area (Å²) < 4.78 is 0.834. The summed E-state index contributed by atoms with van der Waals surface area (Å²) in [4.78, 5) is 9.75. The fraction of sp³-hybridized carbons (Fsp3) is 0.429. The van der Waals surface area contributed by atoms with Crippen LogP contribution in [0.1, 0.15) is 0 Å². The third-order valence-electron chi connectivity index (χ3n) is 1.45. The van der Waals surface area contributed by atoms with Gasteiger partial charge in [0.1, 0.15) is 12.1 Å². The number of hydrogen-bond acceptors (Lipinski definition) is 4. The number of aromatic nitrogens is 2. The summed E-state index contributed by atoms with van der Waals surface area (Å²) in [6, 6.07) is 0. The first-order valence-corrected chi connectivity index (χ1v) is 4.32. The molecule has 1 aromatic heterocycles. The van der Waals surface area contributed by atoms with Gasteiger partial charge in [-0.15, -0.1) is 0 Å². The van der Waals surface area contributed by atoms with Crippen LogP contribution in [0.3, 0.4) is 0 Å². The first-order valence-electron chi connectivity index (χ1n) is 3.53. The summed E-state index contributed by atoms with van der Waals surface area (Å²) in [6.45, 7) is 0.683. The lowest BCUT2D eigenvalue weighted by Gasteiger charge is -2.16. The van der Waals surface area contributed by atoms with Crippen molar-refractivity contribution in [1.29, 1.82) is 0 Å². The summed E-state index contributed by atoms with van der Waals surface area (Å²) in [5.74, 6) is 0.791. The number of nitrogens with zero attached hydrogens (tertiary/aromatic N) is 3. The summed E-state index contributed by atoms with van der Waals surface area (Å²) in [6.07, 6.45) is 3.16. The van der Waals surface area contributed by atoms with Crippen LogP contribution in [0.15, 0.2) is 17.0 Å². The first kappa shape index (κ1) is 9.41. The molecular weight excluding hydrogens is 222 g/mol. The molecule has 0 bridgehead atoms. The lowest BCUT2D eigenvalue weighted by atomic mass is 10.5. The third-order valence-corrected chi connectivity index (χ3v) is 2.00. The van der Waals surface area contributed by atoms with Gasteiger partial charge in [-0.1, -0.05) is 0 Å². The highest BCUT2D eigenvalue weighted by molar-refractivity contribution is 9.10. The van der Waals surface area contributed by atoms with Gasteiger partial charge in [-0.3, -0.25) is 0 Å². The molecule has 5 heteroatoms. The van der Waals surface area contributed by atoms with E-state index in [0.717, 1.165) is 10.3 Å². The zero-order valence-corrected chi connectivity index (χ0v) is 8.32. The van der Waals surface area contributed by atoms with Crippen LogP contribution in [0.4, 0.5) is 5.82 Å². The van der Waals surface area contributed by atoms with Crippen LogP contribution >= 0.6 is 15.9 Å². The van der Waals surface area contributed by atoms with Crippen LogP contribution in [-0.2, 0) is 0 Å². The predicted octanol–water partition coefficient (Wildman–Crippen LogP) is 0.668. The largest absolute Gasteiger partial charge is 0.395 e. The van der Waals surface area contributed by atoms with Gasteiger partial charge in [0.05, 0.1) is 11.1 Å². The molecule has 0 atom stereocenters. The van der Waals surface area contributed by atoms with Crippen molar-refractivity contribution in [1.82, 2.24) is 9.97 Å². The number of anilines is 1. The maximum Gasteiger partial charge on any atom is 0.146 e. The van der Waals surface area contributed by atoms with Gasteiger partial charge in [-0.25, -0.2) is 9.97 Å². The van der Waals surface area contributed by atoms with Gasteiger partial charge < -0.3 is 10.0 Å². The average molecular weight is 232 g/mol. The van der Waals surface area contributed by atoms with Crippen molar-refractivity contribution in [2.24, 2.45) is 0 Å². The third kappa shape index (κ3) is 2.15. The molecule has 1 heterocycles. The van der Waals surface area contributed by atoms with Crippen LogP contribution in [0.25, 0.3) is 0 Å². The minimum Gasteiger partial charge on any atom is -0.395 e. The molecule has 0 unspecified atom stereocenters. The minimum atomic E-state index is 0.118. The SMILES string of the molecule is CN(CCO)c1ncncc1Br. The molecule has 66 valence electrons. The molecule has 0 spiro atoms. The van der Waals surface area contributed by atoms with Crippen molar-refractivity contribution in [3.8, 4) is 0 Å². The van der Waals surface area contributed by atoms with Crippen LogP contribution in [0, 0.1) is 0 Å². The molecule has 1 aromatic rings. The first-order chi connectivity index (χ1) is 5.75. The van der Waals surface area contributed by atoms with Gasteiger partial charge in [0.25, 0.3) is 0 Å². The Hall–Kier alpha value is -0.680. The Labute approximate surface area is 79.4 Å². The van der Waals surface area contributed by atoms with E-state index in [4.69, 9.17) is 5.11 Å². The van der Waals surface area contributed by atoms with E-state index in [1.54, 1.807) is 6.20 Å². The van der Waals surface area contributed by atoms with Crippen molar-refractivity contribution in [3.05, 3.63) is 17.0 Å². The Kier molecular flexibility index (Phi) is 3.43. The molecule has 0 aliphatic heterocycles. The summed E-state index contributed by atoms with van der Waals surface area (Å²) in [5, 5.41) is 8.69. The second-order valence-corrected chi connectivity index (χ2v) is 3.19. The van der Waals surface area contributed by atoms with Crippen LogP contribution in [-0.4, -0.2) is 35.3 Å². The summed E-state index contributed by atoms with van der Waals surface area (Å²) in [7, 11) is 1.86. The highest BCUT2D eigenvalue weighted by Crippen LogP contribution is 2.19. The van der Waals surface area contributed by atoms with Gasteiger partial charge in [-0.05, 0) is 15.9 Å². The van der Waals surface area contributed by atoms with Crippen molar-refractivity contribution < 1.29 is 5.11 Å². The molecule has 0 amide bonds. The van der Waals surface area contributed by atoms with Gasteiger partial charge in [-0.2, -0.15) is 0 Å². The van der Waals surface area contributed by atoms with Gasteiger partial charge in [0.2, 0.25) is 0 Å². The minimum absolute atomic E-state index is 0.118. The fourth-order valence-electron chi connectivity index (χ4n) is 0.843. The standard InChI is InChI=1S/C7H10BrN3O/c1-11(2-3-12)7-6(8)4-9-5-10-7/h4-5,12H,2-3H2,1H3. The molecule has 12 heavy (non-hydrogen) atoms. The van der Waals surface area contributed by atoms with E-state index in [9.17, 15) is 0 Å². The van der Waals surface area contributed by atoms with Gasteiger partial charge in [0, 0.05) is 19.8 Å². The number of aliphatic hydroxyl groups excluding tert-OH is 1. The van der Waals surface area contributed by atoms with Crippen LogP contribution in [0.5, 0.6) is 0 Å². The molecule has 0 saturated heterocycles. The van der Waals surface area contributed by atoms with E-state index in [0.29, 0.717) is 6.54 Å². The molecule has 1 rings (SSSR count). The van der Waals surface area contributed by atoms with E-state index < -0.39 is 0 Å². The monoisotopic (exact) mass is 231 g/mol. The molecule has 0 saturated carbocycles. The Balaban J connectivity index is 2.79. The van der Waals surface area contributed by atoms with Crippen molar-refractivity contribution >= 4 is 21.7 Å². The molecule has 0 radical (unpaired) electrons.